The van der Waals surface area contributed by atoms with E-state index in [-0.39, 0.29) is 17.9 Å². The second kappa shape index (κ2) is 8.01. The number of sulfonamides is 1. The van der Waals surface area contributed by atoms with Gasteiger partial charge in [0.1, 0.15) is 0 Å². The summed E-state index contributed by atoms with van der Waals surface area (Å²) in [6, 6.07) is 3.67. The topological polar surface area (TPSA) is 68.7 Å². The van der Waals surface area contributed by atoms with E-state index in [1.807, 2.05) is 12.1 Å². The van der Waals surface area contributed by atoms with Crippen molar-refractivity contribution in [3.05, 3.63) is 30.1 Å². The molecule has 1 aromatic heterocycles. The number of rotatable bonds is 8. The van der Waals surface area contributed by atoms with E-state index in [0.717, 1.165) is 12.0 Å². The molecular weight excluding hydrogens is 304 g/mol. The van der Waals surface area contributed by atoms with E-state index in [9.17, 15) is 8.42 Å². The zero-order valence-electron chi connectivity index (χ0n) is 13.1. The maximum atomic E-state index is 12.3. The largest absolute Gasteiger partial charge is 0.382 e. The van der Waals surface area contributed by atoms with Gasteiger partial charge in [-0.2, -0.15) is 4.31 Å². The zero-order chi connectivity index (χ0) is 16.0. The lowest BCUT2D eigenvalue weighted by molar-refractivity contribution is 0.00637. The third-order valence-electron chi connectivity index (χ3n) is 3.97. The van der Waals surface area contributed by atoms with Gasteiger partial charge in [-0.25, -0.2) is 8.42 Å². The van der Waals surface area contributed by atoms with Crippen molar-refractivity contribution in [3.63, 3.8) is 0 Å². The van der Waals surface area contributed by atoms with Crippen LogP contribution in [0, 0.1) is 0 Å². The molecule has 2 atom stereocenters. The Labute approximate surface area is 132 Å². The first-order chi connectivity index (χ1) is 10.6. The molecule has 22 heavy (non-hydrogen) atoms. The van der Waals surface area contributed by atoms with Gasteiger partial charge in [0.15, 0.2) is 0 Å². The van der Waals surface area contributed by atoms with E-state index in [1.54, 1.807) is 30.7 Å². The first kappa shape index (κ1) is 17.3. The predicted octanol–water partition coefficient (Wildman–Crippen LogP) is 1.08. The van der Waals surface area contributed by atoms with Gasteiger partial charge >= 0.3 is 0 Å². The van der Waals surface area contributed by atoms with Crippen molar-refractivity contribution in [2.75, 3.05) is 32.6 Å². The minimum absolute atomic E-state index is 0.0929. The second-order valence-corrected chi connectivity index (χ2v) is 7.54. The molecule has 0 unspecified atom stereocenters. The highest BCUT2D eigenvalue weighted by atomic mass is 32.2. The van der Waals surface area contributed by atoms with E-state index in [1.165, 1.54) is 0 Å². The van der Waals surface area contributed by atoms with Crippen molar-refractivity contribution in [1.29, 1.82) is 0 Å². The minimum Gasteiger partial charge on any atom is -0.382 e. The van der Waals surface area contributed by atoms with E-state index in [4.69, 9.17) is 9.47 Å². The van der Waals surface area contributed by atoms with Gasteiger partial charge < -0.3 is 9.47 Å². The molecule has 0 aliphatic carbocycles. The maximum Gasteiger partial charge on any atom is 0.214 e. The first-order valence-corrected chi connectivity index (χ1v) is 9.18. The van der Waals surface area contributed by atoms with Crippen LogP contribution in [0.1, 0.15) is 18.9 Å². The van der Waals surface area contributed by atoms with Crippen LogP contribution in [0.2, 0.25) is 0 Å². The fourth-order valence-corrected chi connectivity index (χ4v) is 4.12. The molecule has 1 aliphatic heterocycles. The third-order valence-corrected chi connectivity index (χ3v) is 5.87. The van der Waals surface area contributed by atoms with Crippen molar-refractivity contribution in [1.82, 2.24) is 9.29 Å². The summed E-state index contributed by atoms with van der Waals surface area (Å²) in [4.78, 5) is 4.00. The molecule has 0 bridgehead atoms. The Morgan fingerprint density at radius 2 is 2.05 bits per heavy atom. The van der Waals surface area contributed by atoms with Crippen LogP contribution in [-0.2, 0) is 25.9 Å². The monoisotopic (exact) mass is 328 g/mol. The predicted molar refractivity (Wildman–Crippen MR) is 84.1 cm³/mol. The molecule has 1 fully saturated rings. The molecular formula is C15H24N2O4S. The summed E-state index contributed by atoms with van der Waals surface area (Å²) in [6.07, 6.45) is 4.72. The highest BCUT2D eigenvalue weighted by Crippen LogP contribution is 2.27. The molecule has 1 aliphatic rings. The molecule has 0 radical (unpaired) electrons. The fourth-order valence-electron chi connectivity index (χ4n) is 2.78. The number of ether oxygens (including phenoxy) is 2. The number of methoxy groups -OCH3 is 1. The van der Waals surface area contributed by atoms with E-state index in [2.05, 4.69) is 4.98 Å². The normalized spacial score (nSPS) is 23.0. The summed E-state index contributed by atoms with van der Waals surface area (Å²) in [5, 5.41) is 0. The van der Waals surface area contributed by atoms with Gasteiger partial charge in [-0.1, -0.05) is 0 Å². The summed E-state index contributed by atoms with van der Waals surface area (Å²) in [7, 11) is -1.60. The summed E-state index contributed by atoms with van der Waals surface area (Å²) in [6.45, 7) is 3.19. The lowest BCUT2D eigenvalue weighted by atomic mass is 10.0. The van der Waals surface area contributed by atoms with Gasteiger partial charge in [-0.15, -0.1) is 0 Å². The smallest absolute Gasteiger partial charge is 0.214 e. The molecule has 0 amide bonds. The van der Waals surface area contributed by atoms with E-state index in [0.29, 0.717) is 26.2 Å². The summed E-state index contributed by atoms with van der Waals surface area (Å²) in [5.41, 5.74) is 1.07. The van der Waals surface area contributed by atoms with Crippen LogP contribution in [0.15, 0.2) is 24.5 Å². The number of aromatic nitrogens is 1. The number of nitrogens with zero attached hydrogens (tertiary/aromatic N) is 2. The van der Waals surface area contributed by atoms with Crippen molar-refractivity contribution in [2.24, 2.45) is 0 Å². The lowest BCUT2D eigenvalue weighted by Gasteiger charge is -2.27. The van der Waals surface area contributed by atoms with Gasteiger partial charge in [0.25, 0.3) is 0 Å². The number of pyridine rings is 1. The van der Waals surface area contributed by atoms with E-state index >= 15 is 0 Å². The molecule has 2 heterocycles. The van der Waals surface area contributed by atoms with Crippen LogP contribution < -0.4 is 0 Å². The Balaban J connectivity index is 2.14. The van der Waals surface area contributed by atoms with Crippen LogP contribution in [0.3, 0.4) is 0 Å². The number of hydrogen-bond acceptors (Lipinski definition) is 5. The van der Waals surface area contributed by atoms with Crippen molar-refractivity contribution < 1.29 is 17.9 Å². The first-order valence-electron chi connectivity index (χ1n) is 7.57. The van der Waals surface area contributed by atoms with Gasteiger partial charge in [0.2, 0.25) is 10.0 Å². The Morgan fingerprint density at radius 3 is 2.68 bits per heavy atom. The van der Waals surface area contributed by atoms with Crippen molar-refractivity contribution >= 4 is 10.0 Å². The Morgan fingerprint density at radius 1 is 1.32 bits per heavy atom. The summed E-state index contributed by atoms with van der Waals surface area (Å²) in [5.74, 6) is 0.116. The Kier molecular flexibility index (Phi) is 6.31. The van der Waals surface area contributed by atoms with Crippen molar-refractivity contribution in [3.8, 4) is 0 Å². The molecule has 0 aromatic carbocycles. The van der Waals surface area contributed by atoms with Crippen LogP contribution in [-0.4, -0.2) is 62.5 Å². The van der Waals surface area contributed by atoms with Gasteiger partial charge in [-0.3, -0.25) is 4.98 Å². The maximum absolute atomic E-state index is 12.3. The van der Waals surface area contributed by atoms with Gasteiger partial charge in [0, 0.05) is 26.0 Å². The number of hydrogen-bond donors (Lipinski definition) is 0. The minimum atomic E-state index is -3.22. The molecule has 2 rings (SSSR count). The zero-order valence-corrected chi connectivity index (χ0v) is 14.0. The van der Waals surface area contributed by atoms with Crippen LogP contribution in [0.25, 0.3) is 0 Å². The average Bonchev–Trinajstić information content (AvgIpc) is 2.92. The van der Waals surface area contributed by atoms with Crippen LogP contribution in [0.4, 0.5) is 0 Å². The third kappa shape index (κ3) is 4.25. The highest BCUT2D eigenvalue weighted by molar-refractivity contribution is 7.89. The van der Waals surface area contributed by atoms with Gasteiger partial charge in [-0.05, 0) is 37.5 Å². The van der Waals surface area contributed by atoms with Crippen molar-refractivity contribution in [2.45, 2.75) is 31.9 Å². The average molecular weight is 328 g/mol. The highest BCUT2D eigenvalue weighted by Gasteiger charge is 2.40. The van der Waals surface area contributed by atoms with Crippen LogP contribution in [0.5, 0.6) is 0 Å². The molecule has 0 spiro atoms. The molecule has 1 saturated heterocycles. The Bertz CT molecular complexity index is 550. The molecule has 6 nitrogen and oxygen atoms in total. The Hall–Kier alpha value is -1.02. The summed E-state index contributed by atoms with van der Waals surface area (Å²) >= 11 is 0. The van der Waals surface area contributed by atoms with Crippen LogP contribution >= 0.6 is 0 Å². The molecule has 7 heteroatoms. The summed E-state index contributed by atoms with van der Waals surface area (Å²) < 4.78 is 37.1. The fraction of sp³-hybridized carbons (Fsp3) is 0.667. The SMILES string of the molecule is CCS(=O)(=O)N1CC[C@H](OCCOC)[C@@H]1Cc1ccncc1. The molecule has 124 valence electrons. The molecule has 0 saturated carbocycles. The molecule has 1 aromatic rings. The quantitative estimate of drug-likeness (QED) is 0.668. The lowest BCUT2D eigenvalue weighted by Crippen LogP contribution is -2.42. The van der Waals surface area contributed by atoms with E-state index < -0.39 is 10.0 Å². The molecule has 0 N–H and O–H groups in total. The second-order valence-electron chi connectivity index (χ2n) is 5.33. The van der Waals surface area contributed by atoms with Gasteiger partial charge in [0.05, 0.1) is 31.1 Å². The standard InChI is InChI=1S/C15H24N2O4S/c1-3-22(18,19)17-9-6-15(21-11-10-20-2)14(17)12-13-4-7-16-8-5-13/h4-5,7-8,14-15H,3,6,9-12H2,1-2H3/t14-,15-/m0/s1.